The summed E-state index contributed by atoms with van der Waals surface area (Å²) in [6.45, 7) is 2.68. The molecule has 1 atom stereocenters. The van der Waals surface area contributed by atoms with E-state index in [0.717, 1.165) is 43.0 Å². The highest BCUT2D eigenvalue weighted by Crippen LogP contribution is 2.32. The molecule has 1 aromatic carbocycles. The van der Waals surface area contributed by atoms with Crippen molar-refractivity contribution in [2.45, 2.75) is 25.4 Å². The van der Waals surface area contributed by atoms with Crippen LogP contribution in [0.2, 0.25) is 0 Å². The lowest BCUT2D eigenvalue weighted by Crippen LogP contribution is -2.40. The lowest BCUT2D eigenvalue weighted by Gasteiger charge is -2.35. The second-order valence-corrected chi connectivity index (χ2v) is 8.20. The van der Waals surface area contributed by atoms with E-state index in [2.05, 4.69) is 20.2 Å². The number of likely N-dealkylation sites (tertiary alicyclic amines) is 1. The maximum absolute atomic E-state index is 13.1. The molecule has 1 amide bonds. The third-order valence-corrected chi connectivity index (χ3v) is 6.18. The number of thiazole rings is 1. The van der Waals surface area contributed by atoms with Crippen LogP contribution in [-0.4, -0.2) is 33.9 Å². The van der Waals surface area contributed by atoms with Crippen LogP contribution in [0, 0.1) is 11.7 Å². The van der Waals surface area contributed by atoms with Gasteiger partial charge in [0.05, 0.1) is 6.04 Å². The highest BCUT2D eigenvalue weighted by Gasteiger charge is 2.31. The lowest BCUT2D eigenvalue weighted by atomic mass is 9.89. The van der Waals surface area contributed by atoms with Crippen LogP contribution in [0.1, 0.15) is 39.9 Å². The van der Waals surface area contributed by atoms with Gasteiger partial charge in [-0.3, -0.25) is 14.7 Å². The Labute approximate surface area is 173 Å². The van der Waals surface area contributed by atoms with Crippen molar-refractivity contribution in [2.24, 2.45) is 5.92 Å². The second-order valence-electron chi connectivity index (χ2n) is 7.28. The SMILES string of the molecule is O=C(NC(c1nccs1)C1CCN(Cc2ccc(F)cc2)CC1)c1ccccn1. The Bertz CT molecular complexity index is 910. The summed E-state index contributed by atoms with van der Waals surface area (Å²) in [5.74, 6) is -0.0554. The molecule has 1 aliphatic rings. The van der Waals surface area contributed by atoms with Gasteiger partial charge >= 0.3 is 0 Å². The Hall–Kier alpha value is -2.64. The average molecular weight is 411 g/mol. The molecule has 4 rings (SSSR count). The summed E-state index contributed by atoms with van der Waals surface area (Å²) in [5, 5.41) is 6.04. The van der Waals surface area contributed by atoms with Gasteiger partial charge in [0.2, 0.25) is 0 Å². The van der Waals surface area contributed by atoms with E-state index in [4.69, 9.17) is 0 Å². The predicted molar refractivity (Wildman–Crippen MR) is 111 cm³/mol. The van der Waals surface area contributed by atoms with Crippen LogP contribution >= 0.6 is 11.3 Å². The summed E-state index contributed by atoms with van der Waals surface area (Å²) >= 11 is 1.57. The zero-order valence-corrected chi connectivity index (χ0v) is 16.8. The first-order valence-corrected chi connectivity index (χ1v) is 10.6. The molecule has 1 saturated heterocycles. The number of aromatic nitrogens is 2. The van der Waals surface area contributed by atoms with Gasteiger partial charge in [-0.1, -0.05) is 18.2 Å². The molecular weight excluding hydrogens is 387 g/mol. The molecule has 0 saturated carbocycles. The van der Waals surface area contributed by atoms with E-state index in [-0.39, 0.29) is 17.8 Å². The van der Waals surface area contributed by atoms with E-state index in [9.17, 15) is 9.18 Å². The molecule has 0 spiro atoms. The van der Waals surface area contributed by atoms with Gasteiger partial charge < -0.3 is 5.32 Å². The van der Waals surface area contributed by atoms with Gasteiger partial charge in [0, 0.05) is 24.3 Å². The van der Waals surface area contributed by atoms with Gasteiger partial charge in [0.1, 0.15) is 16.5 Å². The minimum Gasteiger partial charge on any atom is -0.341 e. The van der Waals surface area contributed by atoms with E-state index < -0.39 is 0 Å². The van der Waals surface area contributed by atoms with Crippen LogP contribution in [0.3, 0.4) is 0 Å². The Morgan fingerprint density at radius 2 is 1.93 bits per heavy atom. The molecule has 5 nitrogen and oxygen atoms in total. The highest BCUT2D eigenvalue weighted by atomic mass is 32.1. The van der Waals surface area contributed by atoms with Crippen molar-refractivity contribution in [3.8, 4) is 0 Å². The number of hydrogen-bond donors (Lipinski definition) is 1. The van der Waals surface area contributed by atoms with E-state index in [1.54, 1.807) is 35.9 Å². The lowest BCUT2D eigenvalue weighted by molar-refractivity contribution is 0.0885. The minimum atomic E-state index is -0.206. The molecule has 0 aliphatic carbocycles. The summed E-state index contributed by atoms with van der Waals surface area (Å²) < 4.78 is 13.1. The molecule has 3 aromatic rings. The number of nitrogens with zero attached hydrogens (tertiary/aromatic N) is 3. The standard InChI is InChI=1S/C22H23FN4OS/c23-18-6-4-16(5-7-18)15-27-12-8-17(9-13-27)20(22-25-11-14-29-22)26-21(28)19-3-1-2-10-24-19/h1-7,10-11,14,17,20H,8-9,12-13,15H2,(H,26,28). The van der Waals surface area contributed by atoms with Crippen molar-refractivity contribution in [1.29, 1.82) is 0 Å². The molecule has 0 radical (unpaired) electrons. The monoisotopic (exact) mass is 410 g/mol. The minimum absolute atomic E-state index is 0.113. The fourth-order valence-electron chi connectivity index (χ4n) is 3.77. The van der Waals surface area contributed by atoms with Crippen molar-refractivity contribution in [3.05, 3.63) is 82.3 Å². The fourth-order valence-corrected chi connectivity index (χ4v) is 4.55. The summed E-state index contributed by atoms with van der Waals surface area (Å²) in [7, 11) is 0. The number of benzene rings is 1. The topological polar surface area (TPSA) is 58.1 Å². The van der Waals surface area contributed by atoms with Gasteiger partial charge in [-0.15, -0.1) is 11.3 Å². The van der Waals surface area contributed by atoms with Crippen LogP contribution in [0.5, 0.6) is 0 Å². The first-order chi connectivity index (χ1) is 14.2. The predicted octanol–water partition coefficient (Wildman–Crippen LogP) is 4.06. The molecule has 0 bridgehead atoms. The van der Waals surface area contributed by atoms with Gasteiger partial charge in [-0.2, -0.15) is 0 Å². The molecule has 7 heteroatoms. The van der Waals surface area contributed by atoms with Crippen LogP contribution in [0.25, 0.3) is 0 Å². The van der Waals surface area contributed by atoms with Crippen molar-refractivity contribution >= 4 is 17.2 Å². The number of rotatable bonds is 6. The van der Waals surface area contributed by atoms with Gasteiger partial charge in [0.15, 0.2) is 0 Å². The van der Waals surface area contributed by atoms with Crippen LogP contribution < -0.4 is 5.32 Å². The third kappa shape index (κ3) is 5.05. The van der Waals surface area contributed by atoms with Crippen molar-refractivity contribution in [2.75, 3.05) is 13.1 Å². The largest absolute Gasteiger partial charge is 0.341 e. The van der Waals surface area contributed by atoms with E-state index in [0.29, 0.717) is 11.6 Å². The molecule has 1 unspecified atom stereocenters. The van der Waals surface area contributed by atoms with E-state index >= 15 is 0 Å². The first-order valence-electron chi connectivity index (χ1n) is 9.77. The van der Waals surface area contributed by atoms with Crippen LogP contribution in [0.15, 0.2) is 60.2 Å². The maximum Gasteiger partial charge on any atom is 0.270 e. The molecule has 3 heterocycles. The zero-order valence-electron chi connectivity index (χ0n) is 16.0. The molecule has 1 fully saturated rings. The molecule has 2 aromatic heterocycles. The van der Waals surface area contributed by atoms with Crippen LogP contribution in [0.4, 0.5) is 4.39 Å². The number of piperidine rings is 1. The third-order valence-electron chi connectivity index (χ3n) is 5.32. The van der Waals surface area contributed by atoms with Gasteiger partial charge in [0.25, 0.3) is 5.91 Å². The summed E-state index contributed by atoms with van der Waals surface area (Å²) in [4.78, 5) is 23.7. The van der Waals surface area contributed by atoms with Gasteiger partial charge in [-0.05, 0) is 61.7 Å². The smallest absolute Gasteiger partial charge is 0.270 e. The summed E-state index contributed by atoms with van der Waals surface area (Å²) in [5.41, 5.74) is 1.53. The molecule has 1 aliphatic heterocycles. The quantitative estimate of drug-likeness (QED) is 0.666. The second kappa shape index (κ2) is 9.24. The number of hydrogen-bond acceptors (Lipinski definition) is 5. The number of pyridine rings is 1. The fraction of sp³-hybridized carbons (Fsp3) is 0.318. The normalized spacial score (nSPS) is 16.4. The molecule has 1 N–H and O–H groups in total. The van der Waals surface area contributed by atoms with Crippen molar-refractivity contribution in [3.63, 3.8) is 0 Å². The van der Waals surface area contributed by atoms with Crippen LogP contribution in [-0.2, 0) is 6.54 Å². The average Bonchev–Trinajstić information content (AvgIpc) is 3.29. The maximum atomic E-state index is 13.1. The number of halogens is 1. The molecular formula is C22H23FN4OS. The Balaban J connectivity index is 1.40. The van der Waals surface area contributed by atoms with Crippen molar-refractivity contribution < 1.29 is 9.18 Å². The Kier molecular flexibility index (Phi) is 6.27. The Morgan fingerprint density at radius 1 is 1.14 bits per heavy atom. The van der Waals surface area contributed by atoms with E-state index in [1.165, 1.54) is 12.1 Å². The number of carbonyl (C=O) groups is 1. The summed E-state index contributed by atoms with van der Waals surface area (Å²) in [6.07, 6.45) is 5.34. The Morgan fingerprint density at radius 3 is 2.59 bits per heavy atom. The van der Waals surface area contributed by atoms with Crippen molar-refractivity contribution in [1.82, 2.24) is 20.2 Å². The highest BCUT2D eigenvalue weighted by molar-refractivity contribution is 7.09. The zero-order chi connectivity index (χ0) is 20.1. The number of carbonyl (C=O) groups excluding carboxylic acids is 1. The molecule has 150 valence electrons. The molecule has 29 heavy (non-hydrogen) atoms. The number of nitrogens with one attached hydrogen (secondary N) is 1. The number of amides is 1. The summed E-state index contributed by atoms with van der Waals surface area (Å²) in [6, 6.07) is 11.9. The van der Waals surface area contributed by atoms with Gasteiger partial charge in [-0.25, -0.2) is 9.37 Å². The first kappa shape index (κ1) is 19.7. The van der Waals surface area contributed by atoms with E-state index in [1.807, 2.05) is 23.6 Å².